The molecule has 1 aromatic carbocycles. The van der Waals surface area contributed by atoms with Gasteiger partial charge in [-0.25, -0.2) is 19.7 Å². The van der Waals surface area contributed by atoms with Crippen LogP contribution in [0.1, 0.15) is 31.7 Å². The van der Waals surface area contributed by atoms with Crippen LogP contribution < -0.4 is 15.0 Å². The molecule has 2 aromatic heterocycles. The standard InChI is InChI=1S/C32H39Cl2N7O5/c1-21-19-41(10-9-40(21)8-5-30(42)43)31-35-17-27(18-36-31)46-29-12-23(11-28(38-29)24-13-25(33)15-26(34)14-24)20-39-6-3-22(4-7-39)16-37-32(44)45-2/h11-15,17-18,21-22H,3-10,16,19-20H2,1-2H3,(H,37,44)(H,42,43). The van der Waals surface area contributed by atoms with Gasteiger partial charge in [0.15, 0.2) is 5.75 Å². The summed E-state index contributed by atoms with van der Waals surface area (Å²) in [6.45, 7) is 7.86. The van der Waals surface area contributed by atoms with E-state index in [0.29, 0.717) is 72.0 Å². The number of carbonyl (C=O) groups excluding carboxylic acids is 1. The summed E-state index contributed by atoms with van der Waals surface area (Å²) in [6.07, 6.45) is 4.94. The van der Waals surface area contributed by atoms with Crippen LogP contribution in [0.25, 0.3) is 11.3 Å². The van der Waals surface area contributed by atoms with E-state index in [1.807, 2.05) is 24.3 Å². The average Bonchev–Trinajstić information content (AvgIpc) is 3.03. The first-order chi connectivity index (χ1) is 22.1. The number of rotatable bonds is 11. The second-order valence-corrected chi connectivity index (χ2v) is 12.6. The van der Waals surface area contributed by atoms with Crippen molar-refractivity contribution in [2.75, 3.05) is 57.8 Å². The lowest BCUT2D eigenvalue weighted by molar-refractivity contribution is -0.137. The molecule has 46 heavy (non-hydrogen) atoms. The summed E-state index contributed by atoms with van der Waals surface area (Å²) in [4.78, 5) is 43.0. The maximum atomic E-state index is 11.5. The first kappa shape index (κ1) is 33.6. The van der Waals surface area contributed by atoms with Gasteiger partial charge in [0.2, 0.25) is 11.8 Å². The smallest absolute Gasteiger partial charge is 0.406 e. The van der Waals surface area contributed by atoms with E-state index in [0.717, 1.165) is 43.6 Å². The number of ether oxygens (including phenoxy) is 2. The lowest BCUT2D eigenvalue weighted by atomic mass is 9.96. The molecular weight excluding hydrogens is 633 g/mol. The number of anilines is 1. The van der Waals surface area contributed by atoms with Crippen molar-refractivity contribution in [3.63, 3.8) is 0 Å². The number of hydrogen-bond acceptors (Lipinski definition) is 10. The highest BCUT2D eigenvalue weighted by molar-refractivity contribution is 6.35. The number of piperazine rings is 1. The molecule has 14 heteroatoms. The molecule has 0 radical (unpaired) electrons. The van der Waals surface area contributed by atoms with Crippen LogP contribution in [0.15, 0.2) is 42.7 Å². The number of carboxylic acids is 1. The number of hydrogen-bond donors (Lipinski definition) is 2. The van der Waals surface area contributed by atoms with E-state index in [9.17, 15) is 9.59 Å². The summed E-state index contributed by atoms with van der Waals surface area (Å²) < 4.78 is 10.9. The van der Waals surface area contributed by atoms with Gasteiger partial charge in [-0.1, -0.05) is 23.2 Å². The fourth-order valence-electron chi connectivity index (χ4n) is 5.85. The number of halogens is 2. The number of carboxylic acid groups (broad SMARTS) is 1. The molecule has 0 aliphatic carbocycles. The highest BCUT2D eigenvalue weighted by Gasteiger charge is 2.26. The number of aliphatic carboxylic acids is 1. The molecule has 0 spiro atoms. The Morgan fingerprint density at radius 3 is 2.39 bits per heavy atom. The number of likely N-dealkylation sites (tertiary alicyclic amines) is 1. The Morgan fingerprint density at radius 1 is 1.02 bits per heavy atom. The van der Waals surface area contributed by atoms with Crippen molar-refractivity contribution in [3.05, 3.63) is 58.3 Å². The Kier molecular flexibility index (Phi) is 11.5. The number of pyridine rings is 1. The maximum Gasteiger partial charge on any atom is 0.406 e. The Balaban J connectivity index is 1.27. The number of methoxy groups -OCH3 is 1. The molecule has 2 saturated heterocycles. The minimum Gasteiger partial charge on any atom is -0.481 e. The molecule has 0 saturated carbocycles. The Labute approximate surface area is 278 Å². The molecule has 2 N–H and O–H groups in total. The Bertz CT molecular complexity index is 1480. The van der Waals surface area contributed by atoms with E-state index in [2.05, 4.69) is 36.9 Å². The van der Waals surface area contributed by atoms with Crippen LogP contribution in [-0.2, 0) is 16.1 Å². The summed E-state index contributed by atoms with van der Waals surface area (Å²) in [7, 11) is 1.37. The topological polar surface area (TPSA) is 133 Å². The summed E-state index contributed by atoms with van der Waals surface area (Å²) in [6, 6.07) is 9.46. The number of alkyl carbamates (subject to hydrolysis) is 1. The number of nitrogens with one attached hydrogen (secondary N) is 1. The van der Waals surface area contributed by atoms with Gasteiger partial charge in [-0.2, -0.15) is 0 Å². The zero-order valence-electron chi connectivity index (χ0n) is 26.0. The zero-order chi connectivity index (χ0) is 32.6. The predicted molar refractivity (Wildman–Crippen MR) is 176 cm³/mol. The summed E-state index contributed by atoms with van der Waals surface area (Å²) in [5.41, 5.74) is 2.48. The van der Waals surface area contributed by atoms with Crippen LogP contribution in [-0.4, -0.2) is 101 Å². The minimum atomic E-state index is -0.788. The first-order valence-corrected chi connectivity index (χ1v) is 16.1. The minimum absolute atomic E-state index is 0.128. The highest BCUT2D eigenvalue weighted by atomic mass is 35.5. The number of carbonyl (C=O) groups is 2. The van der Waals surface area contributed by atoms with Crippen molar-refractivity contribution in [1.29, 1.82) is 0 Å². The predicted octanol–water partition coefficient (Wildman–Crippen LogP) is 5.19. The molecule has 246 valence electrons. The van der Waals surface area contributed by atoms with Gasteiger partial charge in [0.1, 0.15) is 0 Å². The van der Waals surface area contributed by atoms with Crippen molar-refractivity contribution in [2.24, 2.45) is 5.92 Å². The van der Waals surface area contributed by atoms with Crippen molar-refractivity contribution in [2.45, 2.75) is 38.8 Å². The Morgan fingerprint density at radius 2 is 1.74 bits per heavy atom. The lowest BCUT2D eigenvalue weighted by Gasteiger charge is -2.39. The van der Waals surface area contributed by atoms with Crippen LogP contribution in [0.2, 0.25) is 10.0 Å². The fraction of sp³-hybridized carbons (Fsp3) is 0.469. The van der Waals surface area contributed by atoms with E-state index >= 15 is 0 Å². The monoisotopic (exact) mass is 671 g/mol. The molecule has 2 aliphatic heterocycles. The summed E-state index contributed by atoms with van der Waals surface area (Å²) in [5.74, 6) is 1.07. The number of piperidine rings is 1. The third kappa shape index (κ3) is 9.41. The van der Waals surface area contributed by atoms with Gasteiger partial charge in [-0.05, 0) is 68.6 Å². The summed E-state index contributed by atoms with van der Waals surface area (Å²) >= 11 is 12.6. The van der Waals surface area contributed by atoms with Gasteiger partial charge in [0.25, 0.3) is 0 Å². The molecule has 2 fully saturated rings. The van der Waals surface area contributed by atoms with E-state index in [-0.39, 0.29) is 12.5 Å². The molecule has 3 aromatic rings. The largest absolute Gasteiger partial charge is 0.481 e. The first-order valence-electron chi connectivity index (χ1n) is 15.4. The molecule has 4 heterocycles. The summed E-state index contributed by atoms with van der Waals surface area (Å²) in [5, 5.41) is 12.9. The van der Waals surface area contributed by atoms with Crippen molar-refractivity contribution in [3.8, 4) is 22.9 Å². The van der Waals surface area contributed by atoms with E-state index < -0.39 is 12.1 Å². The van der Waals surface area contributed by atoms with Crippen molar-refractivity contribution >= 4 is 41.2 Å². The molecule has 2 aliphatic rings. The van der Waals surface area contributed by atoms with Crippen LogP contribution >= 0.6 is 23.2 Å². The van der Waals surface area contributed by atoms with Gasteiger partial charge in [0, 0.05) is 67.0 Å². The van der Waals surface area contributed by atoms with Crippen LogP contribution in [0.3, 0.4) is 0 Å². The van der Waals surface area contributed by atoms with Crippen LogP contribution in [0, 0.1) is 5.92 Å². The molecule has 1 unspecified atom stereocenters. The fourth-order valence-corrected chi connectivity index (χ4v) is 6.38. The number of amides is 1. The SMILES string of the molecule is COC(=O)NCC1CCN(Cc2cc(Oc3cnc(N4CCN(CCC(=O)O)C(C)C4)nc3)nc(-c3cc(Cl)cc(Cl)c3)c2)CC1. The van der Waals surface area contributed by atoms with Gasteiger partial charge in [-0.3, -0.25) is 14.6 Å². The molecule has 1 amide bonds. The highest BCUT2D eigenvalue weighted by Crippen LogP contribution is 2.31. The van der Waals surface area contributed by atoms with Crippen molar-refractivity contribution < 1.29 is 24.2 Å². The normalized spacial score (nSPS) is 17.9. The number of aromatic nitrogens is 3. The second kappa shape index (κ2) is 15.7. The van der Waals surface area contributed by atoms with Gasteiger partial charge in [0.05, 0.1) is 31.6 Å². The molecule has 0 bridgehead atoms. The van der Waals surface area contributed by atoms with Gasteiger partial charge >= 0.3 is 12.1 Å². The average molecular weight is 673 g/mol. The van der Waals surface area contributed by atoms with Crippen LogP contribution in [0.5, 0.6) is 11.6 Å². The quantitative estimate of drug-likeness (QED) is 0.279. The number of benzene rings is 1. The third-order valence-electron chi connectivity index (χ3n) is 8.35. The van der Waals surface area contributed by atoms with Gasteiger partial charge in [-0.15, -0.1) is 0 Å². The zero-order valence-corrected chi connectivity index (χ0v) is 27.5. The van der Waals surface area contributed by atoms with E-state index in [4.69, 9.17) is 42.8 Å². The maximum absolute atomic E-state index is 11.5. The molecule has 5 rings (SSSR count). The molecular formula is C32H39Cl2N7O5. The van der Waals surface area contributed by atoms with E-state index in [1.54, 1.807) is 18.5 Å². The van der Waals surface area contributed by atoms with E-state index in [1.165, 1.54) is 7.11 Å². The molecule has 12 nitrogen and oxygen atoms in total. The molecule has 1 atom stereocenters. The van der Waals surface area contributed by atoms with Crippen LogP contribution in [0.4, 0.5) is 10.7 Å². The second-order valence-electron chi connectivity index (χ2n) is 11.7. The van der Waals surface area contributed by atoms with Crippen molar-refractivity contribution in [1.82, 2.24) is 30.1 Å². The Hall–Kier alpha value is -3.71. The lowest BCUT2D eigenvalue weighted by Crippen LogP contribution is -2.52. The van der Waals surface area contributed by atoms with Gasteiger partial charge < -0.3 is 24.8 Å². The third-order valence-corrected chi connectivity index (χ3v) is 8.79. The number of nitrogens with zero attached hydrogens (tertiary/aromatic N) is 6.